The first-order chi connectivity index (χ1) is 28.3. The molecule has 9 heteroatoms. The monoisotopic (exact) mass is 873 g/mol. The first-order valence-corrected chi connectivity index (χ1v) is 19.7. The van der Waals surface area contributed by atoms with Gasteiger partial charge in [-0.2, -0.15) is 0 Å². The van der Waals surface area contributed by atoms with Crippen molar-refractivity contribution in [2.45, 2.75) is 48.6 Å². The summed E-state index contributed by atoms with van der Waals surface area (Å²) in [5.74, 6) is -2.27. The molecule has 0 aromatic heterocycles. The van der Waals surface area contributed by atoms with E-state index in [-0.39, 0.29) is 31.3 Å². The molecule has 6 aromatic rings. The number of benzene rings is 6. The predicted octanol–water partition coefficient (Wildman–Crippen LogP) is 8.19. The van der Waals surface area contributed by atoms with Crippen molar-refractivity contribution in [3.05, 3.63) is 215 Å². The molecule has 0 saturated carbocycles. The van der Waals surface area contributed by atoms with Crippen LogP contribution in [0, 0.1) is 0 Å². The topological polar surface area (TPSA) is 115 Å². The van der Waals surface area contributed by atoms with Crippen LogP contribution in [-0.2, 0) is 49.5 Å². The van der Waals surface area contributed by atoms with Crippen molar-refractivity contribution in [1.29, 1.82) is 0 Å². The normalized spacial score (nSPS) is 16.3. The molecule has 1 radical (unpaired) electrons. The van der Waals surface area contributed by atoms with E-state index < -0.39 is 34.9 Å². The van der Waals surface area contributed by atoms with Gasteiger partial charge in [0.25, 0.3) is 0 Å². The Hall–Kier alpha value is -6.18. The Labute approximate surface area is 357 Å². The maximum atomic E-state index is 14.2. The van der Waals surface area contributed by atoms with E-state index in [4.69, 9.17) is 0 Å². The SMILES string of the molecule is O=C(O)[C@@H]1CCCN1C(=O)C(c1ccccc1)(c1ccccc1)c1ccccc1.O=C(O)[C@@H]1CCCN1C(=O)C(c1ccccc1)(c1ccccc1)c1ccccc1.[Rh]. The van der Waals surface area contributed by atoms with Crippen molar-refractivity contribution < 1.29 is 48.9 Å². The van der Waals surface area contributed by atoms with E-state index in [0.717, 1.165) is 33.4 Å². The maximum absolute atomic E-state index is 14.2. The number of rotatable bonds is 10. The first-order valence-electron chi connectivity index (χ1n) is 19.7. The van der Waals surface area contributed by atoms with Crippen LogP contribution < -0.4 is 0 Å². The average Bonchev–Trinajstić information content (AvgIpc) is 3.99. The van der Waals surface area contributed by atoms with Gasteiger partial charge in [-0.05, 0) is 59.1 Å². The Morgan fingerprint density at radius 3 is 0.780 bits per heavy atom. The molecular weight excluding hydrogens is 827 g/mol. The average molecular weight is 874 g/mol. The number of hydrogen-bond acceptors (Lipinski definition) is 4. The van der Waals surface area contributed by atoms with Crippen molar-refractivity contribution in [1.82, 2.24) is 9.80 Å². The molecule has 2 amide bonds. The second-order valence-electron chi connectivity index (χ2n) is 14.7. The summed E-state index contributed by atoms with van der Waals surface area (Å²) in [6, 6.07) is 56.3. The van der Waals surface area contributed by atoms with Gasteiger partial charge in [0.2, 0.25) is 11.8 Å². The van der Waals surface area contributed by atoms with E-state index >= 15 is 0 Å². The van der Waals surface area contributed by atoms with Crippen LogP contribution in [0.1, 0.15) is 59.1 Å². The van der Waals surface area contributed by atoms with Crippen LogP contribution >= 0.6 is 0 Å². The largest absolute Gasteiger partial charge is 0.480 e. The van der Waals surface area contributed by atoms with E-state index in [0.29, 0.717) is 38.8 Å². The van der Waals surface area contributed by atoms with Crippen LogP contribution in [0.4, 0.5) is 0 Å². The van der Waals surface area contributed by atoms with Crippen molar-refractivity contribution >= 4 is 23.8 Å². The van der Waals surface area contributed by atoms with Crippen LogP contribution in [0.2, 0.25) is 0 Å². The summed E-state index contributed by atoms with van der Waals surface area (Å²) in [7, 11) is 0. The van der Waals surface area contributed by atoms with Crippen LogP contribution in [0.3, 0.4) is 0 Å². The van der Waals surface area contributed by atoms with Gasteiger partial charge in [0.05, 0.1) is 0 Å². The number of carbonyl (C=O) groups excluding carboxylic acids is 2. The molecule has 2 fully saturated rings. The Kier molecular flexibility index (Phi) is 13.7. The quantitative estimate of drug-likeness (QED) is 0.106. The van der Waals surface area contributed by atoms with E-state index in [1.807, 2.05) is 182 Å². The molecule has 0 aliphatic carbocycles. The molecular formula is C50H46N2O6Rh. The number of aliphatic carboxylic acids is 2. The fraction of sp³-hybridized carbons (Fsp3) is 0.200. The number of carboxylic acid groups (broad SMARTS) is 2. The smallest absolute Gasteiger partial charge is 0.326 e. The number of carbonyl (C=O) groups is 4. The molecule has 2 heterocycles. The summed E-state index contributed by atoms with van der Waals surface area (Å²) in [5, 5.41) is 19.4. The van der Waals surface area contributed by atoms with E-state index in [2.05, 4.69) is 0 Å². The van der Waals surface area contributed by atoms with Gasteiger partial charge >= 0.3 is 11.9 Å². The summed E-state index contributed by atoms with van der Waals surface area (Å²) in [6.45, 7) is 0.897. The second-order valence-corrected chi connectivity index (χ2v) is 14.7. The molecule has 2 aliphatic rings. The molecule has 2 saturated heterocycles. The van der Waals surface area contributed by atoms with Crippen LogP contribution in [0.25, 0.3) is 0 Å². The molecule has 2 N–H and O–H groups in total. The van der Waals surface area contributed by atoms with Crippen LogP contribution in [0.15, 0.2) is 182 Å². The molecule has 0 unspecified atom stereocenters. The Bertz CT molecular complexity index is 1950. The molecule has 2 aliphatic heterocycles. The number of carboxylic acids is 2. The summed E-state index contributed by atoms with van der Waals surface area (Å²) in [5.41, 5.74) is 2.77. The Morgan fingerprint density at radius 1 is 0.390 bits per heavy atom. The summed E-state index contributed by atoms with van der Waals surface area (Å²) < 4.78 is 0. The van der Waals surface area contributed by atoms with Gasteiger partial charge in [0.15, 0.2) is 0 Å². The second kappa shape index (κ2) is 19.1. The number of amides is 2. The third kappa shape index (κ3) is 8.13. The maximum Gasteiger partial charge on any atom is 0.326 e. The molecule has 2 atom stereocenters. The predicted molar refractivity (Wildman–Crippen MR) is 223 cm³/mol. The van der Waals surface area contributed by atoms with Crippen molar-refractivity contribution in [2.24, 2.45) is 0 Å². The van der Waals surface area contributed by atoms with Gasteiger partial charge in [-0.15, -0.1) is 0 Å². The number of nitrogens with zero attached hydrogens (tertiary/aromatic N) is 2. The van der Waals surface area contributed by atoms with Crippen molar-refractivity contribution in [3.8, 4) is 0 Å². The zero-order chi connectivity index (χ0) is 40.5. The van der Waals surface area contributed by atoms with Crippen molar-refractivity contribution in [2.75, 3.05) is 13.1 Å². The molecule has 0 spiro atoms. The van der Waals surface area contributed by atoms with Gasteiger partial charge in [-0.25, -0.2) is 9.59 Å². The minimum atomic E-state index is -1.11. The van der Waals surface area contributed by atoms with Gasteiger partial charge in [0.1, 0.15) is 22.9 Å². The van der Waals surface area contributed by atoms with E-state index in [1.54, 1.807) is 9.80 Å². The molecule has 8 rings (SSSR count). The zero-order valence-electron chi connectivity index (χ0n) is 32.5. The third-order valence-corrected chi connectivity index (χ3v) is 11.5. The first kappa shape index (κ1) is 42.4. The van der Waals surface area contributed by atoms with E-state index in [9.17, 15) is 29.4 Å². The van der Waals surface area contributed by atoms with E-state index in [1.165, 1.54) is 0 Å². The summed E-state index contributed by atoms with van der Waals surface area (Å²) in [4.78, 5) is 55.3. The molecule has 301 valence electrons. The minimum Gasteiger partial charge on any atom is -0.480 e. The Balaban J connectivity index is 0.000000195. The van der Waals surface area contributed by atoms with Gasteiger partial charge in [0, 0.05) is 32.6 Å². The standard InChI is InChI=1S/2C25H23NO3.Rh/c2*27-23(28)22-17-10-18-26(22)24(29)25(19-11-4-1-5-12-19,20-13-6-2-7-14-20)21-15-8-3-9-16-21;/h2*1-9,11-16,22H,10,17-18H2,(H,27,28);/t2*22-;/m00./s1. The summed E-state index contributed by atoms with van der Waals surface area (Å²) >= 11 is 0. The minimum absolute atomic E-state index is 0. The molecule has 8 nitrogen and oxygen atoms in total. The van der Waals surface area contributed by atoms with Gasteiger partial charge in [-0.3, -0.25) is 9.59 Å². The Morgan fingerprint density at radius 2 is 0.593 bits per heavy atom. The van der Waals surface area contributed by atoms with Crippen LogP contribution in [-0.4, -0.2) is 68.9 Å². The number of hydrogen-bond donors (Lipinski definition) is 2. The summed E-state index contributed by atoms with van der Waals surface area (Å²) in [6.07, 6.45) is 2.35. The molecule has 0 bridgehead atoms. The van der Waals surface area contributed by atoms with Crippen molar-refractivity contribution in [3.63, 3.8) is 0 Å². The molecule has 6 aromatic carbocycles. The molecule has 59 heavy (non-hydrogen) atoms. The zero-order valence-corrected chi connectivity index (χ0v) is 34.1. The third-order valence-electron chi connectivity index (χ3n) is 11.5. The van der Waals surface area contributed by atoms with Gasteiger partial charge in [-0.1, -0.05) is 182 Å². The fourth-order valence-electron chi connectivity index (χ4n) is 8.83. The fourth-order valence-corrected chi connectivity index (χ4v) is 8.83. The van der Waals surface area contributed by atoms with Gasteiger partial charge < -0.3 is 20.0 Å². The number of likely N-dealkylation sites (tertiary alicyclic amines) is 2. The van der Waals surface area contributed by atoms with Crippen LogP contribution in [0.5, 0.6) is 0 Å².